The van der Waals surface area contributed by atoms with Crippen LogP contribution in [0.15, 0.2) is 18.2 Å². The summed E-state index contributed by atoms with van der Waals surface area (Å²) >= 11 is 3.13. The lowest BCUT2D eigenvalue weighted by Gasteiger charge is -2.14. The van der Waals surface area contributed by atoms with Crippen molar-refractivity contribution in [3.63, 3.8) is 0 Å². The van der Waals surface area contributed by atoms with Crippen LogP contribution in [0, 0.1) is 0 Å². The lowest BCUT2D eigenvalue weighted by atomic mass is 10.1. The molecule has 0 aliphatic heterocycles. The van der Waals surface area contributed by atoms with Crippen LogP contribution >= 0.6 is 15.9 Å². The zero-order chi connectivity index (χ0) is 14.5. The molecule has 1 aromatic carbocycles. The third-order valence-corrected chi connectivity index (χ3v) is 2.51. The van der Waals surface area contributed by atoms with Gasteiger partial charge >= 0.3 is 6.36 Å². The minimum atomic E-state index is -4.80. The molecule has 0 saturated heterocycles. The first kappa shape index (κ1) is 15.8. The zero-order valence-corrected chi connectivity index (χ0v) is 11.7. The van der Waals surface area contributed by atoms with E-state index in [0.29, 0.717) is 5.33 Å². The van der Waals surface area contributed by atoms with Gasteiger partial charge in [-0.1, -0.05) is 15.9 Å². The standard InChI is InChI=1S/C12H12BrF3O3/c1-2-18-11-7-8(9(17)5-6-13)3-4-10(11)19-12(14,15)16/h3-4,7H,2,5-6H2,1H3. The molecule has 3 nitrogen and oxygen atoms in total. The first-order chi connectivity index (χ1) is 8.87. The molecule has 0 spiro atoms. The monoisotopic (exact) mass is 340 g/mol. The molecular formula is C12H12BrF3O3. The highest BCUT2D eigenvalue weighted by atomic mass is 79.9. The molecule has 0 radical (unpaired) electrons. The number of halogens is 4. The van der Waals surface area contributed by atoms with Crippen molar-refractivity contribution in [2.75, 3.05) is 11.9 Å². The van der Waals surface area contributed by atoms with Gasteiger partial charge in [0.05, 0.1) is 6.61 Å². The third kappa shape index (κ3) is 5.10. The quantitative estimate of drug-likeness (QED) is 0.581. The molecule has 0 saturated carbocycles. The minimum absolute atomic E-state index is 0.0970. The number of hydrogen-bond donors (Lipinski definition) is 0. The average Bonchev–Trinajstić information content (AvgIpc) is 2.30. The van der Waals surface area contributed by atoms with Crippen molar-refractivity contribution < 1.29 is 27.4 Å². The predicted molar refractivity (Wildman–Crippen MR) is 67.0 cm³/mol. The van der Waals surface area contributed by atoms with Crippen molar-refractivity contribution in [3.05, 3.63) is 23.8 Å². The lowest BCUT2D eigenvalue weighted by molar-refractivity contribution is -0.275. The Morgan fingerprint density at radius 1 is 1.32 bits per heavy atom. The van der Waals surface area contributed by atoms with E-state index in [-0.39, 0.29) is 30.1 Å². The van der Waals surface area contributed by atoms with Gasteiger partial charge in [-0.15, -0.1) is 13.2 Å². The maximum atomic E-state index is 12.2. The highest BCUT2D eigenvalue weighted by Gasteiger charge is 2.32. The second kappa shape index (κ2) is 6.79. The molecule has 19 heavy (non-hydrogen) atoms. The van der Waals surface area contributed by atoms with Crippen molar-refractivity contribution >= 4 is 21.7 Å². The van der Waals surface area contributed by atoms with Gasteiger partial charge in [0.25, 0.3) is 0 Å². The van der Waals surface area contributed by atoms with Gasteiger partial charge in [-0.25, -0.2) is 0 Å². The predicted octanol–water partition coefficient (Wildman–Crippen LogP) is 3.95. The average molecular weight is 341 g/mol. The number of ketones is 1. The zero-order valence-electron chi connectivity index (χ0n) is 10.1. The number of alkyl halides is 4. The normalized spacial score (nSPS) is 11.2. The Balaban J connectivity index is 3.03. The Morgan fingerprint density at radius 2 is 2.00 bits per heavy atom. The van der Waals surface area contributed by atoms with E-state index < -0.39 is 12.1 Å². The Kier molecular flexibility index (Phi) is 5.65. The summed E-state index contributed by atoms with van der Waals surface area (Å²) in [7, 11) is 0. The number of carbonyl (C=O) groups excluding carboxylic acids is 1. The third-order valence-electron chi connectivity index (χ3n) is 2.11. The summed E-state index contributed by atoms with van der Waals surface area (Å²) in [5, 5.41) is 0.483. The molecule has 7 heteroatoms. The molecule has 0 unspecified atom stereocenters. The van der Waals surface area contributed by atoms with Gasteiger partial charge in [0.1, 0.15) is 0 Å². The molecule has 0 aliphatic carbocycles. The van der Waals surface area contributed by atoms with E-state index in [4.69, 9.17) is 4.74 Å². The van der Waals surface area contributed by atoms with E-state index in [2.05, 4.69) is 20.7 Å². The summed E-state index contributed by atoms with van der Waals surface area (Å²) in [4.78, 5) is 11.6. The summed E-state index contributed by atoms with van der Waals surface area (Å²) in [6.45, 7) is 1.80. The van der Waals surface area contributed by atoms with E-state index in [1.54, 1.807) is 6.92 Å². The molecular weight excluding hydrogens is 329 g/mol. The van der Waals surface area contributed by atoms with Crippen LogP contribution in [0.5, 0.6) is 11.5 Å². The van der Waals surface area contributed by atoms with Crippen molar-refractivity contribution in [2.24, 2.45) is 0 Å². The minimum Gasteiger partial charge on any atom is -0.490 e. The molecule has 0 N–H and O–H groups in total. The molecule has 1 rings (SSSR count). The smallest absolute Gasteiger partial charge is 0.490 e. The largest absolute Gasteiger partial charge is 0.573 e. The van der Waals surface area contributed by atoms with Crippen LogP contribution in [0.25, 0.3) is 0 Å². The molecule has 0 bridgehead atoms. The topological polar surface area (TPSA) is 35.5 Å². The van der Waals surface area contributed by atoms with E-state index in [1.165, 1.54) is 12.1 Å². The Hall–Kier alpha value is -1.24. The molecule has 0 atom stereocenters. The van der Waals surface area contributed by atoms with Crippen molar-refractivity contribution in [1.82, 2.24) is 0 Å². The molecule has 0 aromatic heterocycles. The van der Waals surface area contributed by atoms with Crippen LogP contribution in [-0.4, -0.2) is 24.1 Å². The molecule has 0 aliphatic rings. The van der Waals surface area contributed by atoms with E-state index in [1.807, 2.05) is 0 Å². The summed E-state index contributed by atoms with van der Waals surface area (Å²) in [5.41, 5.74) is 0.289. The van der Waals surface area contributed by atoms with Gasteiger partial charge in [0.2, 0.25) is 0 Å². The van der Waals surface area contributed by atoms with Gasteiger partial charge < -0.3 is 9.47 Å². The molecule has 0 heterocycles. The summed E-state index contributed by atoms with van der Waals surface area (Å²) in [6, 6.07) is 3.63. The van der Waals surface area contributed by atoms with Crippen molar-refractivity contribution in [2.45, 2.75) is 19.7 Å². The van der Waals surface area contributed by atoms with Gasteiger partial charge in [-0.05, 0) is 25.1 Å². The van der Waals surface area contributed by atoms with Crippen LogP contribution in [0.2, 0.25) is 0 Å². The maximum absolute atomic E-state index is 12.2. The van der Waals surface area contributed by atoms with Crippen molar-refractivity contribution in [3.8, 4) is 11.5 Å². The molecule has 0 amide bonds. The second-order valence-corrected chi connectivity index (χ2v) is 4.30. The summed E-state index contributed by atoms with van der Waals surface area (Å²) in [6.07, 6.45) is -4.54. The van der Waals surface area contributed by atoms with Crippen LogP contribution in [0.4, 0.5) is 13.2 Å². The molecule has 106 valence electrons. The molecule has 1 aromatic rings. The Bertz CT molecular complexity index is 446. The number of Topliss-reactive ketones (excluding diaryl/α,β-unsaturated/α-hetero) is 1. The van der Waals surface area contributed by atoms with Gasteiger partial charge in [0.15, 0.2) is 17.3 Å². The van der Waals surface area contributed by atoms with Crippen LogP contribution in [0.3, 0.4) is 0 Å². The second-order valence-electron chi connectivity index (χ2n) is 3.50. The first-order valence-electron chi connectivity index (χ1n) is 5.49. The number of rotatable bonds is 6. The van der Waals surface area contributed by atoms with Gasteiger partial charge in [-0.2, -0.15) is 0 Å². The lowest BCUT2D eigenvalue weighted by Crippen LogP contribution is -2.18. The van der Waals surface area contributed by atoms with Crippen LogP contribution < -0.4 is 9.47 Å². The van der Waals surface area contributed by atoms with E-state index in [9.17, 15) is 18.0 Å². The number of carbonyl (C=O) groups is 1. The van der Waals surface area contributed by atoms with Crippen LogP contribution in [-0.2, 0) is 0 Å². The highest BCUT2D eigenvalue weighted by molar-refractivity contribution is 9.09. The van der Waals surface area contributed by atoms with E-state index in [0.717, 1.165) is 6.07 Å². The maximum Gasteiger partial charge on any atom is 0.573 e. The SMILES string of the molecule is CCOc1cc(C(=O)CCBr)ccc1OC(F)(F)F. The summed E-state index contributed by atoms with van der Waals surface area (Å²) < 4.78 is 45.5. The highest BCUT2D eigenvalue weighted by Crippen LogP contribution is 2.33. The number of benzene rings is 1. The first-order valence-corrected chi connectivity index (χ1v) is 6.61. The fourth-order valence-corrected chi connectivity index (χ4v) is 1.75. The fraction of sp³-hybridized carbons (Fsp3) is 0.417. The Morgan fingerprint density at radius 3 is 2.53 bits per heavy atom. The van der Waals surface area contributed by atoms with E-state index >= 15 is 0 Å². The number of hydrogen-bond acceptors (Lipinski definition) is 3. The summed E-state index contributed by atoms with van der Waals surface area (Å²) in [5.74, 6) is -0.735. The van der Waals surface area contributed by atoms with Crippen LogP contribution in [0.1, 0.15) is 23.7 Å². The van der Waals surface area contributed by atoms with Gasteiger partial charge in [-0.3, -0.25) is 4.79 Å². The van der Waals surface area contributed by atoms with Crippen molar-refractivity contribution in [1.29, 1.82) is 0 Å². The fourth-order valence-electron chi connectivity index (χ4n) is 1.39. The Labute approximate surface area is 116 Å². The molecule has 0 fully saturated rings. The van der Waals surface area contributed by atoms with Gasteiger partial charge in [0, 0.05) is 17.3 Å². The number of ether oxygens (including phenoxy) is 2.